The number of aromatic nitrogens is 2. The second-order valence-corrected chi connectivity index (χ2v) is 7.43. The van der Waals surface area contributed by atoms with Gasteiger partial charge in [0.15, 0.2) is 0 Å². The lowest BCUT2D eigenvalue weighted by atomic mass is 10.1. The van der Waals surface area contributed by atoms with Crippen molar-refractivity contribution >= 4 is 33.0 Å². The maximum Gasteiger partial charge on any atom is 0.349 e. The van der Waals surface area contributed by atoms with Crippen molar-refractivity contribution in [1.82, 2.24) is 9.97 Å². The van der Waals surface area contributed by atoms with Gasteiger partial charge in [0.25, 0.3) is 10.0 Å². The zero-order chi connectivity index (χ0) is 17.9. The van der Waals surface area contributed by atoms with Crippen molar-refractivity contribution in [1.29, 1.82) is 0 Å². The summed E-state index contributed by atoms with van der Waals surface area (Å²) >= 11 is 0.995. The third-order valence-electron chi connectivity index (χ3n) is 3.29. The highest BCUT2D eigenvalue weighted by Gasteiger charge is 2.25. The van der Waals surface area contributed by atoms with Crippen LogP contribution in [0.15, 0.2) is 59.2 Å². The van der Waals surface area contributed by atoms with E-state index in [0.29, 0.717) is 5.69 Å². The summed E-state index contributed by atoms with van der Waals surface area (Å²) < 4.78 is 32.5. The number of thiophene rings is 1. The average molecular weight is 375 g/mol. The van der Waals surface area contributed by atoms with Crippen molar-refractivity contribution in [3.05, 3.63) is 59.2 Å². The summed E-state index contributed by atoms with van der Waals surface area (Å²) in [7, 11) is -2.81. The van der Waals surface area contributed by atoms with Gasteiger partial charge in [-0.15, -0.1) is 11.3 Å². The Kier molecular flexibility index (Phi) is 4.77. The number of ether oxygens (including phenoxy) is 1. The minimum Gasteiger partial charge on any atom is -0.465 e. The van der Waals surface area contributed by atoms with Crippen molar-refractivity contribution in [3.8, 4) is 11.3 Å². The maximum absolute atomic E-state index is 12.7. The first-order valence-corrected chi connectivity index (χ1v) is 9.43. The number of esters is 1. The van der Waals surface area contributed by atoms with Gasteiger partial charge in [0.05, 0.1) is 24.7 Å². The van der Waals surface area contributed by atoms with Gasteiger partial charge in [-0.1, -0.05) is 30.3 Å². The summed E-state index contributed by atoms with van der Waals surface area (Å²) in [5.41, 5.74) is 1.39. The number of sulfonamides is 1. The lowest BCUT2D eigenvalue weighted by Crippen LogP contribution is -2.16. The molecule has 7 nitrogen and oxygen atoms in total. The van der Waals surface area contributed by atoms with Crippen LogP contribution in [0.4, 0.5) is 5.69 Å². The van der Waals surface area contributed by atoms with E-state index in [0.717, 1.165) is 16.9 Å². The fourth-order valence-corrected chi connectivity index (χ4v) is 4.57. The van der Waals surface area contributed by atoms with Crippen LogP contribution in [0.5, 0.6) is 0 Å². The van der Waals surface area contributed by atoms with Crippen LogP contribution in [0.1, 0.15) is 9.67 Å². The summed E-state index contributed by atoms with van der Waals surface area (Å²) in [5.74, 6) is -0.706. The van der Waals surface area contributed by atoms with Gasteiger partial charge in [-0.2, -0.15) is 0 Å². The number of nitrogens with one attached hydrogen (secondary N) is 1. The molecule has 0 radical (unpaired) electrons. The van der Waals surface area contributed by atoms with Crippen molar-refractivity contribution in [3.63, 3.8) is 0 Å². The molecule has 25 heavy (non-hydrogen) atoms. The van der Waals surface area contributed by atoms with E-state index >= 15 is 0 Å². The van der Waals surface area contributed by atoms with Crippen LogP contribution in [0.2, 0.25) is 0 Å². The Morgan fingerprint density at radius 2 is 1.96 bits per heavy atom. The number of methoxy groups -OCH3 is 1. The Morgan fingerprint density at radius 1 is 1.20 bits per heavy atom. The van der Waals surface area contributed by atoms with E-state index in [1.807, 2.05) is 30.3 Å². The number of carbonyl (C=O) groups is 1. The molecule has 2 aromatic heterocycles. The molecular formula is C16H13N3O4S2. The highest BCUT2D eigenvalue weighted by Crippen LogP contribution is 2.29. The summed E-state index contributed by atoms with van der Waals surface area (Å²) in [6, 6.07) is 10.5. The standard InChI is InChI=1S/C16H13N3O4S2/c1-23-16(20)15-13(7-8-24-15)25(21,22)19-12-9-17-10-18-14(12)11-5-3-2-4-6-11/h2-10,19H,1H3. The lowest BCUT2D eigenvalue weighted by Gasteiger charge is -2.11. The minimum absolute atomic E-state index is 0.00751. The van der Waals surface area contributed by atoms with Crippen molar-refractivity contribution in [2.24, 2.45) is 0 Å². The zero-order valence-electron chi connectivity index (χ0n) is 13.0. The van der Waals surface area contributed by atoms with Gasteiger partial charge < -0.3 is 4.74 Å². The van der Waals surface area contributed by atoms with E-state index < -0.39 is 16.0 Å². The first kappa shape index (κ1) is 17.1. The Balaban J connectivity index is 2.01. The number of rotatable bonds is 5. The molecule has 2 heterocycles. The van der Waals surface area contributed by atoms with E-state index in [4.69, 9.17) is 0 Å². The Bertz CT molecular complexity index is 1000. The summed E-state index contributed by atoms with van der Waals surface area (Å²) in [6.07, 6.45) is 2.71. The van der Waals surface area contributed by atoms with Crippen LogP contribution < -0.4 is 4.72 Å². The van der Waals surface area contributed by atoms with Crippen LogP contribution in [-0.4, -0.2) is 31.5 Å². The molecule has 0 fully saturated rings. The van der Waals surface area contributed by atoms with Gasteiger partial charge in [-0.3, -0.25) is 4.72 Å². The second kappa shape index (κ2) is 6.99. The van der Waals surface area contributed by atoms with Crippen LogP contribution in [0.25, 0.3) is 11.3 Å². The van der Waals surface area contributed by atoms with Gasteiger partial charge >= 0.3 is 5.97 Å². The zero-order valence-corrected chi connectivity index (χ0v) is 14.7. The molecule has 3 rings (SSSR count). The molecule has 9 heteroatoms. The third kappa shape index (κ3) is 3.52. The molecule has 0 aliphatic rings. The molecule has 0 atom stereocenters. The number of hydrogen-bond acceptors (Lipinski definition) is 7. The van der Waals surface area contributed by atoms with Crippen LogP contribution >= 0.6 is 11.3 Å². The van der Waals surface area contributed by atoms with Crippen LogP contribution in [0, 0.1) is 0 Å². The number of carbonyl (C=O) groups excluding carboxylic acids is 1. The molecule has 0 unspecified atom stereocenters. The SMILES string of the molecule is COC(=O)c1sccc1S(=O)(=O)Nc1cncnc1-c1ccccc1. The molecule has 1 aromatic carbocycles. The van der Waals surface area contributed by atoms with Crippen LogP contribution in [0.3, 0.4) is 0 Å². The van der Waals surface area contributed by atoms with E-state index in [9.17, 15) is 13.2 Å². The van der Waals surface area contributed by atoms with Crippen LogP contribution in [-0.2, 0) is 14.8 Å². The topological polar surface area (TPSA) is 98.2 Å². The number of benzene rings is 1. The van der Waals surface area contributed by atoms with Gasteiger partial charge in [0.2, 0.25) is 0 Å². The fraction of sp³-hybridized carbons (Fsp3) is 0.0625. The van der Waals surface area contributed by atoms with E-state index in [-0.39, 0.29) is 15.5 Å². The average Bonchev–Trinajstić information content (AvgIpc) is 3.13. The molecule has 0 amide bonds. The minimum atomic E-state index is -4.01. The number of nitrogens with zero attached hydrogens (tertiary/aromatic N) is 2. The molecule has 1 N–H and O–H groups in total. The molecule has 0 aliphatic heterocycles. The smallest absolute Gasteiger partial charge is 0.349 e. The molecule has 0 saturated carbocycles. The quantitative estimate of drug-likeness (QED) is 0.689. The maximum atomic E-state index is 12.7. The normalized spacial score (nSPS) is 11.1. The van der Waals surface area contributed by atoms with E-state index in [1.54, 1.807) is 0 Å². The van der Waals surface area contributed by atoms with E-state index in [2.05, 4.69) is 19.4 Å². The predicted octanol–water partition coefficient (Wildman–Crippen LogP) is 2.79. The molecule has 0 spiro atoms. The third-order valence-corrected chi connectivity index (χ3v) is 5.72. The number of anilines is 1. The second-order valence-electron chi connectivity index (χ2n) is 4.86. The molecule has 128 valence electrons. The van der Waals surface area contributed by atoms with Gasteiger partial charge in [0, 0.05) is 5.56 Å². The Hall–Kier alpha value is -2.78. The summed E-state index contributed by atoms with van der Waals surface area (Å²) in [5, 5.41) is 1.51. The fourth-order valence-electron chi connectivity index (χ4n) is 2.18. The molecule has 0 bridgehead atoms. The van der Waals surface area contributed by atoms with Gasteiger partial charge in [0.1, 0.15) is 16.1 Å². The molecule has 0 saturated heterocycles. The monoisotopic (exact) mass is 375 g/mol. The highest BCUT2D eigenvalue weighted by molar-refractivity contribution is 7.93. The summed E-state index contributed by atoms with van der Waals surface area (Å²) in [6.45, 7) is 0. The first-order valence-electron chi connectivity index (χ1n) is 7.07. The molecular weight excluding hydrogens is 362 g/mol. The Morgan fingerprint density at radius 3 is 2.68 bits per heavy atom. The summed E-state index contributed by atoms with van der Waals surface area (Å²) in [4.78, 5) is 19.7. The predicted molar refractivity (Wildman–Crippen MR) is 93.9 cm³/mol. The van der Waals surface area contributed by atoms with Crippen molar-refractivity contribution in [2.45, 2.75) is 4.90 Å². The largest absolute Gasteiger partial charge is 0.465 e. The first-order chi connectivity index (χ1) is 12.0. The highest BCUT2D eigenvalue weighted by atomic mass is 32.2. The number of hydrogen-bond donors (Lipinski definition) is 1. The van der Waals surface area contributed by atoms with E-state index in [1.165, 1.54) is 31.1 Å². The molecule has 0 aliphatic carbocycles. The molecule has 3 aromatic rings. The van der Waals surface area contributed by atoms with Gasteiger partial charge in [-0.05, 0) is 11.4 Å². The van der Waals surface area contributed by atoms with Gasteiger partial charge in [-0.25, -0.2) is 23.2 Å². The lowest BCUT2D eigenvalue weighted by molar-refractivity contribution is 0.0602. The van der Waals surface area contributed by atoms with Crippen molar-refractivity contribution in [2.75, 3.05) is 11.8 Å². The Labute approximate surface area is 148 Å². The van der Waals surface area contributed by atoms with Crippen molar-refractivity contribution < 1.29 is 17.9 Å².